The van der Waals surface area contributed by atoms with Crippen LogP contribution < -0.4 is 5.32 Å². The fourth-order valence-electron chi connectivity index (χ4n) is 0.907. The number of thioether (sulfide) groups is 1. The van der Waals surface area contributed by atoms with Crippen LogP contribution in [0, 0.1) is 0 Å². The summed E-state index contributed by atoms with van der Waals surface area (Å²) in [4.78, 5) is 11.2. The summed E-state index contributed by atoms with van der Waals surface area (Å²) >= 11 is 1.87. The van der Waals surface area contributed by atoms with Crippen LogP contribution in [0.25, 0.3) is 0 Å². The van der Waals surface area contributed by atoms with Gasteiger partial charge in [-0.1, -0.05) is 13.3 Å². The molecule has 0 radical (unpaired) electrons. The Hall–Kier alpha value is -0.180. The quantitative estimate of drug-likeness (QED) is 0.644. The van der Waals surface area contributed by atoms with Crippen LogP contribution in [0.2, 0.25) is 0 Å². The lowest BCUT2D eigenvalue weighted by Gasteiger charge is -2.07. The molecule has 0 rings (SSSR count). The van der Waals surface area contributed by atoms with Gasteiger partial charge in [-0.15, -0.1) is 0 Å². The van der Waals surface area contributed by atoms with Crippen LogP contribution in [0.15, 0.2) is 0 Å². The minimum Gasteiger partial charge on any atom is -0.354 e. The van der Waals surface area contributed by atoms with Crippen LogP contribution in [0.1, 0.15) is 40.0 Å². The van der Waals surface area contributed by atoms with Crippen molar-refractivity contribution in [1.82, 2.24) is 5.32 Å². The van der Waals surface area contributed by atoms with Crippen molar-refractivity contribution in [3.05, 3.63) is 0 Å². The molecule has 2 nitrogen and oxygen atoms in total. The highest BCUT2D eigenvalue weighted by atomic mass is 32.2. The van der Waals surface area contributed by atoms with E-state index in [1.165, 1.54) is 18.6 Å². The largest absolute Gasteiger partial charge is 0.354 e. The first-order valence-corrected chi connectivity index (χ1v) is 6.19. The van der Waals surface area contributed by atoms with Gasteiger partial charge in [-0.05, 0) is 26.0 Å². The third-order valence-corrected chi connectivity index (χ3v) is 2.64. The van der Waals surface area contributed by atoms with E-state index in [4.69, 9.17) is 0 Å². The molecule has 13 heavy (non-hydrogen) atoms. The van der Waals surface area contributed by atoms with Crippen LogP contribution in [0.4, 0.5) is 0 Å². The lowest BCUT2D eigenvalue weighted by Crippen LogP contribution is -2.30. The summed E-state index contributed by atoms with van der Waals surface area (Å²) in [7, 11) is 0. The minimum atomic E-state index is 0.180. The Bertz CT molecular complexity index is 137. The van der Waals surface area contributed by atoms with E-state index in [0.717, 1.165) is 5.75 Å². The summed E-state index contributed by atoms with van der Waals surface area (Å²) in [6.07, 6.45) is 3.16. The third kappa shape index (κ3) is 9.74. The lowest BCUT2D eigenvalue weighted by molar-refractivity contribution is -0.121. The maximum Gasteiger partial charge on any atom is 0.221 e. The molecule has 0 bridgehead atoms. The van der Waals surface area contributed by atoms with Gasteiger partial charge in [-0.3, -0.25) is 4.79 Å². The number of hydrogen-bond acceptors (Lipinski definition) is 2. The Morgan fingerprint density at radius 2 is 2.08 bits per heavy atom. The molecular weight excluding hydrogens is 182 g/mol. The Balaban J connectivity index is 3.17. The zero-order valence-corrected chi connectivity index (χ0v) is 9.75. The molecule has 0 saturated carbocycles. The Kier molecular flexibility index (Phi) is 8.30. The Labute approximate surface area is 85.9 Å². The van der Waals surface area contributed by atoms with Gasteiger partial charge in [0.15, 0.2) is 0 Å². The Morgan fingerprint density at radius 1 is 1.38 bits per heavy atom. The molecule has 0 aliphatic heterocycles. The van der Waals surface area contributed by atoms with Crippen molar-refractivity contribution < 1.29 is 4.79 Å². The van der Waals surface area contributed by atoms with E-state index in [2.05, 4.69) is 12.2 Å². The van der Waals surface area contributed by atoms with Crippen molar-refractivity contribution in [2.75, 3.05) is 11.5 Å². The van der Waals surface area contributed by atoms with E-state index in [1.807, 2.05) is 25.6 Å². The molecule has 0 fully saturated rings. The minimum absolute atomic E-state index is 0.180. The van der Waals surface area contributed by atoms with Crippen molar-refractivity contribution in [2.24, 2.45) is 0 Å². The van der Waals surface area contributed by atoms with Gasteiger partial charge in [0.2, 0.25) is 5.91 Å². The predicted molar refractivity (Wildman–Crippen MR) is 60.1 cm³/mol. The molecule has 1 N–H and O–H groups in total. The summed E-state index contributed by atoms with van der Waals surface area (Å²) in [6, 6.07) is 0.271. The molecule has 0 aliphatic rings. The van der Waals surface area contributed by atoms with E-state index >= 15 is 0 Å². The van der Waals surface area contributed by atoms with Gasteiger partial charge in [0, 0.05) is 18.2 Å². The number of rotatable bonds is 7. The monoisotopic (exact) mass is 203 g/mol. The van der Waals surface area contributed by atoms with Crippen molar-refractivity contribution in [3.8, 4) is 0 Å². The van der Waals surface area contributed by atoms with Gasteiger partial charge >= 0.3 is 0 Å². The molecule has 0 aromatic carbocycles. The van der Waals surface area contributed by atoms with Crippen molar-refractivity contribution in [2.45, 2.75) is 46.1 Å². The second-order valence-corrected chi connectivity index (χ2v) is 4.66. The second-order valence-electron chi connectivity index (χ2n) is 3.44. The van der Waals surface area contributed by atoms with Crippen molar-refractivity contribution in [1.29, 1.82) is 0 Å². The van der Waals surface area contributed by atoms with E-state index in [9.17, 15) is 4.79 Å². The highest BCUT2D eigenvalue weighted by Gasteiger charge is 2.01. The fraction of sp³-hybridized carbons (Fsp3) is 0.900. The molecule has 0 atom stereocenters. The van der Waals surface area contributed by atoms with Crippen LogP contribution in [0.5, 0.6) is 0 Å². The van der Waals surface area contributed by atoms with Crippen LogP contribution in [0.3, 0.4) is 0 Å². The third-order valence-electron chi connectivity index (χ3n) is 1.57. The molecule has 1 amide bonds. The van der Waals surface area contributed by atoms with Gasteiger partial charge in [0.05, 0.1) is 0 Å². The first-order valence-electron chi connectivity index (χ1n) is 5.04. The number of nitrogens with one attached hydrogen (secondary N) is 1. The van der Waals surface area contributed by atoms with Crippen LogP contribution in [-0.4, -0.2) is 23.5 Å². The van der Waals surface area contributed by atoms with E-state index < -0.39 is 0 Å². The number of unbranched alkanes of at least 4 members (excludes halogenated alkanes) is 1. The topological polar surface area (TPSA) is 29.1 Å². The molecular formula is C10H21NOS. The molecule has 3 heteroatoms. The highest BCUT2D eigenvalue weighted by molar-refractivity contribution is 7.99. The molecule has 0 aromatic rings. The van der Waals surface area contributed by atoms with Gasteiger partial charge in [0.1, 0.15) is 0 Å². The average Bonchev–Trinajstić information content (AvgIpc) is 2.02. The summed E-state index contributed by atoms with van der Waals surface area (Å²) in [5.41, 5.74) is 0. The molecule has 0 spiro atoms. The molecule has 0 saturated heterocycles. The van der Waals surface area contributed by atoms with Gasteiger partial charge in [-0.2, -0.15) is 11.8 Å². The summed E-state index contributed by atoms with van der Waals surface area (Å²) < 4.78 is 0. The zero-order valence-electron chi connectivity index (χ0n) is 8.93. The number of carbonyl (C=O) groups excluding carboxylic acids is 1. The van der Waals surface area contributed by atoms with Crippen molar-refractivity contribution >= 4 is 17.7 Å². The van der Waals surface area contributed by atoms with Crippen molar-refractivity contribution in [3.63, 3.8) is 0 Å². The predicted octanol–water partition coefficient (Wildman–Crippen LogP) is 2.43. The van der Waals surface area contributed by atoms with E-state index in [1.54, 1.807) is 0 Å². The van der Waals surface area contributed by atoms with E-state index in [0.29, 0.717) is 6.42 Å². The maximum absolute atomic E-state index is 11.2. The van der Waals surface area contributed by atoms with Crippen LogP contribution in [-0.2, 0) is 4.79 Å². The summed E-state index contributed by atoms with van der Waals surface area (Å²) in [6.45, 7) is 6.16. The first kappa shape index (κ1) is 12.8. The zero-order chi connectivity index (χ0) is 10.1. The molecule has 0 aliphatic carbocycles. The molecule has 0 unspecified atom stereocenters. The van der Waals surface area contributed by atoms with Crippen LogP contribution >= 0.6 is 11.8 Å². The lowest BCUT2D eigenvalue weighted by atomic mass is 10.3. The average molecular weight is 203 g/mol. The van der Waals surface area contributed by atoms with E-state index in [-0.39, 0.29) is 11.9 Å². The molecule has 0 aromatic heterocycles. The Morgan fingerprint density at radius 3 is 2.62 bits per heavy atom. The van der Waals surface area contributed by atoms with Gasteiger partial charge in [-0.25, -0.2) is 0 Å². The second kappa shape index (κ2) is 8.42. The van der Waals surface area contributed by atoms with Gasteiger partial charge in [0.25, 0.3) is 0 Å². The number of hydrogen-bond donors (Lipinski definition) is 1. The molecule has 78 valence electrons. The number of carbonyl (C=O) groups is 1. The maximum atomic E-state index is 11.2. The van der Waals surface area contributed by atoms with Gasteiger partial charge < -0.3 is 5.32 Å². The first-order chi connectivity index (χ1) is 6.16. The summed E-state index contributed by atoms with van der Waals surface area (Å²) in [5.74, 6) is 2.32. The highest BCUT2D eigenvalue weighted by Crippen LogP contribution is 2.05. The smallest absolute Gasteiger partial charge is 0.221 e. The number of amides is 1. The molecule has 0 heterocycles. The fourth-order valence-corrected chi connectivity index (χ4v) is 1.93. The normalized spacial score (nSPS) is 10.5. The SMILES string of the molecule is CCCCSCCC(=O)NC(C)C. The summed E-state index contributed by atoms with van der Waals surface area (Å²) in [5, 5.41) is 2.88. The standard InChI is InChI=1S/C10H21NOS/c1-4-5-7-13-8-6-10(12)11-9(2)3/h9H,4-8H2,1-3H3,(H,11,12).